The maximum atomic E-state index is 12.2. The second-order valence-electron chi connectivity index (χ2n) is 4.97. The zero-order chi connectivity index (χ0) is 16.0. The minimum Gasteiger partial charge on any atom is -0.467 e. The Bertz CT molecular complexity index is 490. The molecule has 1 unspecified atom stereocenters. The summed E-state index contributed by atoms with van der Waals surface area (Å²) in [6.07, 6.45) is 0. The lowest BCUT2D eigenvalue weighted by Gasteiger charge is -2.21. The quantitative estimate of drug-likeness (QED) is 0.643. The van der Waals surface area contributed by atoms with Crippen LogP contribution in [0.2, 0.25) is 5.02 Å². The maximum absolute atomic E-state index is 12.2. The van der Waals surface area contributed by atoms with Crippen molar-refractivity contribution in [3.05, 3.63) is 29.3 Å². The van der Waals surface area contributed by atoms with Gasteiger partial charge < -0.3 is 10.1 Å². The van der Waals surface area contributed by atoms with Gasteiger partial charge in [0.05, 0.1) is 12.4 Å². The minimum atomic E-state index is -0.629. The monoisotopic (exact) mass is 329 g/mol. The standard InChI is InChI=1S/C15H20ClNO3S/c1-9(2)13(15(19)20-4)17-14(18)10(3)21-12-7-5-11(16)6-8-12/h5-10,13H,1-4H3,(H,17,18)/t10?,13-/m0/s1. The van der Waals surface area contributed by atoms with Gasteiger partial charge in [-0.05, 0) is 37.1 Å². The fourth-order valence-corrected chi connectivity index (χ4v) is 2.67. The number of benzene rings is 1. The molecule has 0 spiro atoms. The van der Waals surface area contributed by atoms with Crippen LogP contribution < -0.4 is 5.32 Å². The molecule has 1 amide bonds. The van der Waals surface area contributed by atoms with Gasteiger partial charge in [-0.25, -0.2) is 4.79 Å². The number of thioether (sulfide) groups is 1. The van der Waals surface area contributed by atoms with Crippen LogP contribution in [0.3, 0.4) is 0 Å². The summed E-state index contributed by atoms with van der Waals surface area (Å²) >= 11 is 7.24. The van der Waals surface area contributed by atoms with Crippen LogP contribution in [0.4, 0.5) is 0 Å². The number of esters is 1. The summed E-state index contributed by atoms with van der Waals surface area (Å²) in [6.45, 7) is 5.51. The van der Waals surface area contributed by atoms with Crippen LogP contribution in [0.25, 0.3) is 0 Å². The second-order valence-corrected chi connectivity index (χ2v) is 6.82. The molecule has 0 bridgehead atoms. The van der Waals surface area contributed by atoms with E-state index in [1.807, 2.05) is 26.0 Å². The van der Waals surface area contributed by atoms with Gasteiger partial charge in [-0.2, -0.15) is 0 Å². The van der Waals surface area contributed by atoms with Crippen molar-refractivity contribution in [2.75, 3.05) is 7.11 Å². The Kier molecular flexibility index (Phi) is 7.05. The van der Waals surface area contributed by atoms with Crippen molar-refractivity contribution in [1.82, 2.24) is 5.32 Å². The van der Waals surface area contributed by atoms with E-state index in [2.05, 4.69) is 5.32 Å². The molecule has 1 rings (SSSR count). The Hall–Kier alpha value is -1.20. The van der Waals surface area contributed by atoms with E-state index in [1.165, 1.54) is 18.9 Å². The first-order chi connectivity index (χ1) is 9.85. The van der Waals surface area contributed by atoms with E-state index in [0.29, 0.717) is 5.02 Å². The van der Waals surface area contributed by atoms with Crippen molar-refractivity contribution in [2.45, 2.75) is 37.0 Å². The Balaban J connectivity index is 2.64. The van der Waals surface area contributed by atoms with Crippen molar-refractivity contribution in [3.8, 4) is 0 Å². The molecular weight excluding hydrogens is 310 g/mol. The Morgan fingerprint density at radius 1 is 1.19 bits per heavy atom. The lowest BCUT2D eigenvalue weighted by Crippen LogP contribution is -2.47. The molecule has 0 saturated heterocycles. The van der Waals surface area contributed by atoms with E-state index in [4.69, 9.17) is 16.3 Å². The highest BCUT2D eigenvalue weighted by Gasteiger charge is 2.27. The van der Waals surface area contributed by atoms with Crippen molar-refractivity contribution in [3.63, 3.8) is 0 Å². The molecule has 0 fully saturated rings. The van der Waals surface area contributed by atoms with E-state index >= 15 is 0 Å². The number of hydrogen-bond donors (Lipinski definition) is 1. The first kappa shape index (κ1) is 17.9. The van der Waals surface area contributed by atoms with E-state index in [0.717, 1.165) is 4.90 Å². The van der Waals surface area contributed by atoms with E-state index < -0.39 is 12.0 Å². The molecule has 0 aromatic heterocycles. The van der Waals surface area contributed by atoms with Crippen LogP contribution in [0, 0.1) is 5.92 Å². The van der Waals surface area contributed by atoms with Crippen molar-refractivity contribution in [2.24, 2.45) is 5.92 Å². The van der Waals surface area contributed by atoms with Crippen LogP contribution in [-0.2, 0) is 14.3 Å². The first-order valence-electron chi connectivity index (χ1n) is 6.65. The van der Waals surface area contributed by atoms with Gasteiger partial charge in [-0.15, -0.1) is 11.8 Å². The third-order valence-electron chi connectivity index (χ3n) is 2.92. The van der Waals surface area contributed by atoms with Crippen molar-refractivity contribution >= 4 is 35.2 Å². The van der Waals surface area contributed by atoms with Gasteiger partial charge in [0.2, 0.25) is 5.91 Å². The lowest BCUT2D eigenvalue weighted by atomic mass is 10.0. The largest absolute Gasteiger partial charge is 0.467 e. The zero-order valence-corrected chi connectivity index (χ0v) is 14.1. The lowest BCUT2D eigenvalue weighted by molar-refractivity contribution is -0.146. The topological polar surface area (TPSA) is 55.4 Å². The predicted molar refractivity (Wildman–Crippen MR) is 85.6 cm³/mol. The predicted octanol–water partition coefficient (Wildman–Crippen LogP) is 3.13. The van der Waals surface area contributed by atoms with Gasteiger partial charge in [0.15, 0.2) is 0 Å². The summed E-state index contributed by atoms with van der Waals surface area (Å²) in [7, 11) is 1.32. The van der Waals surface area contributed by atoms with Gasteiger partial charge in [0.25, 0.3) is 0 Å². The molecular formula is C15H20ClNO3S. The van der Waals surface area contributed by atoms with Gasteiger partial charge >= 0.3 is 5.97 Å². The molecule has 1 aromatic rings. The molecule has 1 N–H and O–H groups in total. The average molecular weight is 330 g/mol. The normalized spacial score (nSPS) is 13.6. The molecule has 6 heteroatoms. The molecule has 0 heterocycles. The summed E-state index contributed by atoms with van der Waals surface area (Å²) < 4.78 is 4.71. The summed E-state index contributed by atoms with van der Waals surface area (Å²) in [6, 6.07) is 6.64. The number of nitrogens with one attached hydrogen (secondary N) is 1. The third-order valence-corrected chi connectivity index (χ3v) is 4.28. The van der Waals surface area contributed by atoms with Crippen LogP contribution in [0.5, 0.6) is 0 Å². The first-order valence-corrected chi connectivity index (χ1v) is 7.91. The fraction of sp³-hybridized carbons (Fsp3) is 0.467. The van der Waals surface area contributed by atoms with E-state index in [9.17, 15) is 9.59 Å². The molecule has 0 radical (unpaired) electrons. The maximum Gasteiger partial charge on any atom is 0.328 e. The van der Waals surface area contributed by atoms with Gasteiger partial charge in [0.1, 0.15) is 6.04 Å². The van der Waals surface area contributed by atoms with Gasteiger partial charge in [0, 0.05) is 9.92 Å². The molecule has 0 saturated carbocycles. The SMILES string of the molecule is COC(=O)[C@@H](NC(=O)C(C)Sc1ccc(Cl)cc1)C(C)C. The van der Waals surface area contributed by atoms with Crippen LogP contribution in [-0.4, -0.2) is 30.3 Å². The number of carbonyl (C=O) groups excluding carboxylic acids is 2. The highest BCUT2D eigenvalue weighted by Crippen LogP contribution is 2.25. The molecule has 0 aliphatic rings. The number of rotatable bonds is 6. The van der Waals surface area contributed by atoms with Crippen molar-refractivity contribution < 1.29 is 14.3 Å². The summed E-state index contributed by atoms with van der Waals surface area (Å²) in [5, 5.41) is 3.07. The van der Waals surface area contributed by atoms with E-state index in [1.54, 1.807) is 19.1 Å². The molecule has 21 heavy (non-hydrogen) atoms. The highest BCUT2D eigenvalue weighted by atomic mass is 35.5. The van der Waals surface area contributed by atoms with Crippen LogP contribution in [0.1, 0.15) is 20.8 Å². The fourth-order valence-electron chi connectivity index (χ4n) is 1.67. The number of hydrogen-bond acceptors (Lipinski definition) is 4. The average Bonchev–Trinajstić information content (AvgIpc) is 2.45. The second kappa shape index (κ2) is 8.29. The van der Waals surface area contributed by atoms with Crippen molar-refractivity contribution in [1.29, 1.82) is 0 Å². The number of halogens is 1. The number of ether oxygens (including phenoxy) is 1. The number of amides is 1. The molecule has 0 aliphatic carbocycles. The smallest absolute Gasteiger partial charge is 0.328 e. The highest BCUT2D eigenvalue weighted by molar-refractivity contribution is 8.00. The van der Waals surface area contributed by atoms with E-state index in [-0.39, 0.29) is 17.1 Å². The Labute approximate surface area is 134 Å². The zero-order valence-electron chi connectivity index (χ0n) is 12.6. The van der Waals surface area contributed by atoms with Gasteiger partial charge in [-0.1, -0.05) is 25.4 Å². The number of methoxy groups -OCH3 is 1. The molecule has 116 valence electrons. The Morgan fingerprint density at radius 3 is 2.24 bits per heavy atom. The third kappa shape index (κ3) is 5.59. The summed E-state index contributed by atoms with van der Waals surface area (Å²) in [4.78, 5) is 24.8. The minimum absolute atomic E-state index is 0.0332. The Morgan fingerprint density at radius 2 is 1.76 bits per heavy atom. The summed E-state index contributed by atoms with van der Waals surface area (Å²) in [5.74, 6) is -0.657. The van der Waals surface area contributed by atoms with Crippen LogP contribution >= 0.6 is 23.4 Å². The number of carbonyl (C=O) groups is 2. The molecule has 4 nitrogen and oxygen atoms in total. The molecule has 0 aliphatic heterocycles. The summed E-state index contributed by atoms with van der Waals surface area (Å²) in [5.41, 5.74) is 0. The van der Waals surface area contributed by atoms with Gasteiger partial charge in [-0.3, -0.25) is 4.79 Å². The molecule has 1 aromatic carbocycles. The van der Waals surface area contributed by atoms with Crippen LogP contribution in [0.15, 0.2) is 29.2 Å². The molecule has 2 atom stereocenters.